The van der Waals surface area contributed by atoms with E-state index in [4.69, 9.17) is 9.47 Å². The smallest absolute Gasteiger partial charge is 0.332 e. The molecule has 1 saturated heterocycles. The molecule has 2 atom stereocenters. The monoisotopic (exact) mass is 278 g/mol. The van der Waals surface area contributed by atoms with Crippen molar-refractivity contribution in [2.75, 3.05) is 33.1 Å². The van der Waals surface area contributed by atoms with Gasteiger partial charge in [-0.1, -0.05) is 6.07 Å². The summed E-state index contributed by atoms with van der Waals surface area (Å²) < 4.78 is 10.2. The van der Waals surface area contributed by atoms with Gasteiger partial charge in [-0.3, -0.25) is 0 Å². The molecule has 0 spiro atoms. The van der Waals surface area contributed by atoms with Gasteiger partial charge in [-0.05, 0) is 32.5 Å². The van der Waals surface area contributed by atoms with Crippen LogP contribution in [0.2, 0.25) is 0 Å². The van der Waals surface area contributed by atoms with Crippen molar-refractivity contribution in [1.29, 1.82) is 0 Å². The topological polar surface area (TPSA) is 50.8 Å². The molecule has 2 unspecified atom stereocenters. The molecule has 0 radical (unpaired) electrons. The van der Waals surface area contributed by atoms with Crippen molar-refractivity contribution in [1.82, 2.24) is 4.90 Å². The highest BCUT2D eigenvalue weighted by Crippen LogP contribution is 2.31. The van der Waals surface area contributed by atoms with Crippen LogP contribution in [0, 0.1) is 0 Å². The van der Waals surface area contributed by atoms with E-state index in [0.717, 1.165) is 11.4 Å². The Hall–Kier alpha value is -1.75. The second-order valence-corrected chi connectivity index (χ2v) is 5.40. The average Bonchev–Trinajstić information content (AvgIpc) is 2.74. The van der Waals surface area contributed by atoms with Gasteiger partial charge in [-0.15, -0.1) is 0 Å². The summed E-state index contributed by atoms with van der Waals surface area (Å²) >= 11 is 0. The van der Waals surface area contributed by atoms with E-state index < -0.39 is 5.54 Å². The number of rotatable bonds is 4. The predicted molar refractivity (Wildman–Crippen MR) is 78.1 cm³/mol. The second-order valence-electron chi connectivity index (χ2n) is 5.40. The molecule has 0 saturated carbocycles. The molecule has 1 N–H and O–H groups in total. The molecule has 20 heavy (non-hydrogen) atoms. The van der Waals surface area contributed by atoms with Crippen LogP contribution in [-0.4, -0.2) is 50.3 Å². The lowest BCUT2D eigenvalue weighted by atomic mass is 9.95. The van der Waals surface area contributed by atoms with E-state index in [2.05, 4.69) is 17.1 Å². The van der Waals surface area contributed by atoms with E-state index in [0.29, 0.717) is 19.0 Å². The number of hydrogen-bond donors (Lipinski definition) is 1. The number of carbonyl (C=O) groups excluding carboxylic acids is 1. The molecule has 110 valence electrons. The maximum atomic E-state index is 12.2. The molecule has 0 aliphatic carbocycles. The number of nitrogens with one attached hydrogen (secondary N) is 1. The first kappa shape index (κ1) is 14.7. The van der Waals surface area contributed by atoms with Crippen molar-refractivity contribution in [3.63, 3.8) is 0 Å². The molecule has 5 heteroatoms. The first-order chi connectivity index (χ1) is 9.50. The number of ether oxygens (including phenoxy) is 2. The molecular weight excluding hydrogens is 256 g/mol. The van der Waals surface area contributed by atoms with Gasteiger partial charge in [-0.25, -0.2) is 4.79 Å². The minimum absolute atomic E-state index is 0.225. The Morgan fingerprint density at radius 1 is 1.45 bits per heavy atom. The Balaban J connectivity index is 2.27. The largest absolute Gasteiger partial charge is 0.497 e. The third-order valence-electron chi connectivity index (χ3n) is 3.95. The summed E-state index contributed by atoms with van der Waals surface area (Å²) in [7, 11) is 5.07. The number of nitrogens with zero attached hydrogens (tertiary/aromatic N) is 1. The molecule has 1 aliphatic rings. The van der Waals surface area contributed by atoms with E-state index in [1.165, 1.54) is 7.11 Å². The molecule has 2 rings (SSSR count). The number of carbonyl (C=O) groups is 1. The fraction of sp³-hybridized carbons (Fsp3) is 0.533. The lowest BCUT2D eigenvalue weighted by molar-refractivity contribution is -0.145. The fourth-order valence-corrected chi connectivity index (χ4v) is 2.77. The number of anilines is 1. The fourth-order valence-electron chi connectivity index (χ4n) is 2.77. The van der Waals surface area contributed by atoms with Gasteiger partial charge in [-0.2, -0.15) is 0 Å². The third kappa shape index (κ3) is 2.72. The van der Waals surface area contributed by atoms with Crippen LogP contribution in [0.4, 0.5) is 5.69 Å². The zero-order valence-corrected chi connectivity index (χ0v) is 12.5. The van der Waals surface area contributed by atoms with Crippen molar-refractivity contribution in [2.45, 2.75) is 24.9 Å². The van der Waals surface area contributed by atoms with Gasteiger partial charge < -0.3 is 19.7 Å². The Bertz CT molecular complexity index is 480. The second kappa shape index (κ2) is 5.71. The maximum absolute atomic E-state index is 12.2. The van der Waals surface area contributed by atoms with Gasteiger partial charge in [0.1, 0.15) is 11.3 Å². The van der Waals surface area contributed by atoms with E-state index in [9.17, 15) is 4.79 Å². The van der Waals surface area contributed by atoms with Crippen LogP contribution in [0.3, 0.4) is 0 Å². The summed E-state index contributed by atoms with van der Waals surface area (Å²) in [5.74, 6) is 0.533. The summed E-state index contributed by atoms with van der Waals surface area (Å²) in [6.45, 7) is 2.73. The van der Waals surface area contributed by atoms with Crippen LogP contribution in [-0.2, 0) is 9.53 Å². The van der Waals surface area contributed by atoms with Gasteiger partial charge in [0.25, 0.3) is 0 Å². The molecule has 5 nitrogen and oxygen atoms in total. The molecule has 0 bridgehead atoms. The quantitative estimate of drug-likeness (QED) is 0.850. The predicted octanol–water partition coefficient (Wildman–Crippen LogP) is 1.74. The van der Waals surface area contributed by atoms with Crippen molar-refractivity contribution in [2.24, 2.45) is 0 Å². The maximum Gasteiger partial charge on any atom is 0.332 e. The lowest BCUT2D eigenvalue weighted by Crippen LogP contribution is -2.49. The number of benzene rings is 1. The third-order valence-corrected chi connectivity index (χ3v) is 3.95. The zero-order valence-electron chi connectivity index (χ0n) is 12.5. The SMILES string of the molecule is COC(=O)C1(Nc2cccc(OC)c2)CC(C)N(C)C1. The number of methoxy groups -OCH3 is 2. The van der Waals surface area contributed by atoms with Crippen LogP contribution >= 0.6 is 0 Å². The minimum Gasteiger partial charge on any atom is -0.497 e. The van der Waals surface area contributed by atoms with Gasteiger partial charge in [0, 0.05) is 24.3 Å². The van der Waals surface area contributed by atoms with Gasteiger partial charge in [0.15, 0.2) is 0 Å². The van der Waals surface area contributed by atoms with Crippen LogP contribution in [0.1, 0.15) is 13.3 Å². The number of esters is 1. The van der Waals surface area contributed by atoms with Gasteiger partial charge >= 0.3 is 5.97 Å². The van der Waals surface area contributed by atoms with E-state index in [1.54, 1.807) is 7.11 Å². The summed E-state index contributed by atoms with van der Waals surface area (Å²) in [5.41, 5.74) is 0.159. The molecule has 1 aromatic rings. The van der Waals surface area contributed by atoms with Crippen LogP contribution < -0.4 is 10.1 Å². The standard InChI is InChI=1S/C15H22N2O3/c1-11-9-15(10-17(11)2,14(18)20-4)16-12-6-5-7-13(8-12)19-3/h5-8,11,16H,9-10H2,1-4H3. The van der Waals surface area contributed by atoms with Crippen LogP contribution in [0.25, 0.3) is 0 Å². The number of hydrogen-bond acceptors (Lipinski definition) is 5. The summed E-state index contributed by atoms with van der Waals surface area (Å²) in [6, 6.07) is 7.91. The van der Waals surface area contributed by atoms with E-state index in [-0.39, 0.29) is 5.97 Å². The molecule has 1 fully saturated rings. The van der Waals surface area contributed by atoms with Crippen LogP contribution in [0.15, 0.2) is 24.3 Å². The van der Waals surface area contributed by atoms with Gasteiger partial charge in [0.2, 0.25) is 0 Å². The zero-order chi connectivity index (χ0) is 14.8. The van der Waals surface area contributed by atoms with Crippen molar-refractivity contribution in [3.05, 3.63) is 24.3 Å². The normalized spacial score (nSPS) is 26.3. The molecule has 1 heterocycles. The molecular formula is C15H22N2O3. The highest BCUT2D eigenvalue weighted by molar-refractivity contribution is 5.85. The molecule has 1 aromatic carbocycles. The first-order valence-corrected chi connectivity index (χ1v) is 6.71. The molecule has 0 aromatic heterocycles. The highest BCUT2D eigenvalue weighted by Gasteiger charge is 2.47. The van der Waals surface area contributed by atoms with Crippen molar-refractivity contribution >= 4 is 11.7 Å². The minimum atomic E-state index is -0.699. The summed E-state index contributed by atoms with van der Waals surface area (Å²) in [6.07, 6.45) is 0.716. The Labute approximate surface area is 119 Å². The Morgan fingerprint density at radius 3 is 2.75 bits per heavy atom. The Kier molecular flexibility index (Phi) is 4.18. The van der Waals surface area contributed by atoms with Crippen molar-refractivity contribution in [3.8, 4) is 5.75 Å². The molecule has 0 amide bonds. The summed E-state index contributed by atoms with van der Waals surface area (Å²) in [4.78, 5) is 14.4. The number of likely N-dealkylation sites (tertiary alicyclic amines) is 1. The van der Waals surface area contributed by atoms with E-state index in [1.807, 2.05) is 31.3 Å². The summed E-state index contributed by atoms with van der Waals surface area (Å²) in [5, 5.41) is 3.34. The van der Waals surface area contributed by atoms with Gasteiger partial charge in [0.05, 0.1) is 14.2 Å². The highest BCUT2D eigenvalue weighted by atomic mass is 16.5. The molecule has 1 aliphatic heterocycles. The lowest BCUT2D eigenvalue weighted by Gasteiger charge is -2.28. The first-order valence-electron chi connectivity index (χ1n) is 6.71. The average molecular weight is 278 g/mol. The number of likely N-dealkylation sites (N-methyl/N-ethyl adjacent to an activating group) is 1. The van der Waals surface area contributed by atoms with Crippen molar-refractivity contribution < 1.29 is 14.3 Å². The Morgan fingerprint density at radius 2 is 2.20 bits per heavy atom. The van der Waals surface area contributed by atoms with E-state index >= 15 is 0 Å². The van der Waals surface area contributed by atoms with Crippen LogP contribution in [0.5, 0.6) is 5.75 Å².